The Kier molecular flexibility index (Phi) is 9.62. The van der Waals surface area contributed by atoms with Gasteiger partial charge in [0.15, 0.2) is 11.5 Å². The fraction of sp³-hybridized carbons (Fsp3) is 0.100. The zero-order valence-corrected chi connectivity index (χ0v) is 23.0. The topological polar surface area (TPSA) is 95.5 Å². The third-order valence-electron chi connectivity index (χ3n) is 5.62. The van der Waals surface area contributed by atoms with Crippen LogP contribution in [0.1, 0.15) is 31.8 Å². The first kappa shape index (κ1) is 28.5. The molecule has 0 radical (unpaired) electrons. The molecule has 0 atom stereocenters. The number of halogens is 2. The van der Waals surface area contributed by atoms with Crippen molar-refractivity contribution >= 4 is 41.3 Å². The summed E-state index contributed by atoms with van der Waals surface area (Å²) in [5, 5.41) is 5.07. The lowest BCUT2D eigenvalue weighted by atomic mass is 10.2. The van der Waals surface area contributed by atoms with Crippen molar-refractivity contribution in [3.63, 3.8) is 0 Å². The molecule has 4 rings (SSSR count). The van der Waals surface area contributed by atoms with Crippen LogP contribution in [0.3, 0.4) is 0 Å². The fourth-order valence-electron chi connectivity index (χ4n) is 3.47. The van der Waals surface area contributed by atoms with Crippen molar-refractivity contribution in [2.75, 3.05) is 14.2 Å². The number of benzene rings is 4. The minimum Gasteiger partial charge on any atom is -0.497 e. The Morgan fingerprint density at radius 1 is 0.800 bits per heavy atom. The van der Waals surface area contributed by atoms with Crippen molar-refractivity contribution in [1.82, 2.24) is 5.43 Å². The van der Waals surface area contributed by atoms with Crippen LogP contribution in [0.15, 0.2) is 90.0 Å². The number of nitrogens with zero attached hydrogens (tertiary/aromatic N) is 1. The summed E-state index contributed by atoms with van der Waals surface area (Å²) < 4.78 is 21.7. The minimum absolute atomic E-state index is 0.241. The molecule has 8 nitrogen and oxygen atoms in total. The second-order valence-electron chi connectivity index (χ2n) is 8.28. The second kappa shape index (κ2) is 13.5. The zero-order valence-electron chi connectivity index (χ0n) is 21.5. The molecule has 0 bridgehead atoms. The van der Waals surface area contributed by atoms with Crippen molar-refractivity contribution in [3.8, 4) is 23.0 Å². The van der Waals surface area contributed by atoms with Crippen LogP contribution in [0.5, 0.6) is 23.0 Å². The molecule has 0 heterocycles. The van der Waals surface area contributed by atoms with Crippen molar-refractivity contribution < 1.29 is 28.5 Å². The van der Waals surface area contributed by atoms with Crippen LogP contribution in [0.2, 0.25) is 10.0 Å². The number of rotatable bonds is 10. The van der Waals surface area contributed by atoms with Crippen LogP contribution >= 0.6 is 23.2 Å². The van der Waals surface area contributed by atoms with Gasteiger partial charge in [-0.15, -0.1) is 0 Å². The van der Waals surface area contributed by atoms with Gasteiger partial charge in [0.1, 0.15) is 18.1 Å². The molecule has 0 unspecified atom stereocenters. The quantitative estimate of drug-likeness (QED) is 0.0988. The Balaban J connectivity index is 1.32. The number of ether oxygens (including phenoxy) is 4. The molecule has 4 aromatic rings. The largest absolute Gasteiger partial charge is 0.497 e. The van der Waals surface area contributed by atoms with Gasteiger partial charge in [-0.05, 0) is 84.4 Å². The van der Waals surface area contributed by atoms with Gasteiger partial charge < -0.3 is 18.9 Å². The summed E-state index contributed by atoms with van der Waals surface area (Å²) in [6.07, 6.45) is 1.45. The van der Waals surface area contributed by atoms with Crippen molar-refractivity contribution in [1.29, 1.82) is 0 Å². The summed E-state index contributed by atoms with van der Waals surface area (Å²) in [6, 6.07) is 23.2. The van der Waals surface area contributed by atoms with Crippen LogP contribution < -0.4 is 24.4 Å². The zero-order chi connectivity index (χ0) is 28.5. The average molecular weight is 579 g/mol. The van der Waals surface area contributed by atoms with Gasteiger partial charge in [0.05, 0.1) is 26.0 Å². The van der Waals surface area contributed by atoms with E-state index >= 15 is 0 Å². The highest BCUT2D eigenvalue weighted by Crippen LogP contribution is 2.29. The molecule has 10 heteroatoms. The molecular formula is C30H24Cl2N2O6. The van der Waals surface area contributed by atoms with Crippen molar-refractivity contribution in [2.24, 2.45) is 5.10 Å². The summed E-state index contributed by atoms with van der Waals surface area (Å²) in [7, 11) is 3.00. The van der Waals surface area contributed by atoms with Gasteiger partial charge in [0, 0.05) is 21.2 Å². The third-order valence-corrected chi connectivity index (χ3v) is 6.21. The molecular weight excluding hydrogens is 555 g/mol. The van der Waals surface area contributed by atoms with Crippen molar-refractivity contribution in [3.05, 3.63) is 117 Å². The van der Waals surface area contributed by atoms with Crippen LogP contribution in [0.4, 0.5) is 0 Å². The molecule has 0 aromatic heterocycles. The molecule has 0 aliphatic rings. The van der Waals surface area contributed by atoms with Crippen molar-refractivity contribution in [2.45, 2.75) is 6.61 Å². The molecule has 4 aromatic carbocycles. The summed E-state index contributed by atoms with van der Waals surface area (Å²) in [5.41, 5.74) is 4.64. The molecule has 204 valence electrons. The van der Waals surface area contributed by atoms with E-state index in [2.05, 4.69) is 10.5 Å². The first-order chi connectivity index (χ1) is 19.4. The molecule has 40 heavy (non-hydrogen) atoms. The molecule has 0 aliphatic carbocycles. The highest BCUT2D eigenvalue weighted by Gasteiger charge is 2.13. The third kappa shape index (κ3) is 7.53. The number of carbonyl (C=O) groups is 2. The number of carbonyl (C=O) groups excluding carboxylic acids is 2. The number of hydrogen-bond acceptors (Lipinski definition) is 7. The second-order valence-corrected chi connectivity index (χ2v) is 9.12. The lowest BCUT2D eigenvalue weighted by Gasteiger charge is -2.10. The normalized spacial score (nSPS) is 10.7. The Hall–Kier alpha value is -4.53. The predicted molar refractivity (Wildman–Crippen MR) is 153 cm³/mol. The van der Waals surface area contributed by atoms with Crippen LogP contribution in [-0.2, 0) is 6.61 Å². The van der Waals surface area contributed by atoms with E-state index in [1.54, 1.807) is 92.0 Å². The molecule has 0 aliphatic heterocycles. The van der Waals surface area contributed by atoms with Gasteiger partial charge in [-0.3, -0.25) is 4.79 Å². The van der Waals surface area contributed by atoms with Crippen LogP contribution in [0, 0.1) is 0 Å². The van der Waals surface area contributed by atoms with Crippen LogP contribution in [0.25, 0.3) is 0 Å². The first-order valence-corrected chi connectivity index (χ1v) is 12.7. The van der Waals surface area contributed by atoms with E-state index in [9.17, 15) is 9.59 Å². The average Bonchev–Trinajstić information content (AvgIpc) is 2.97. The van der Waals surface area contributed by atoms with E-state index in [0.717, 1.165) is 5.56 Å². The Morgan fingerprint density at radius 3 is 2.17 bits per heavy atom. The van der Waals surface area contributed by atoms with E-state index in [1.807, 2.05) is 0 Å². The number of nitrogens with one attached hydrogen (secondary N) is 1. The lowest BCUT2D eigenvalue weighted by molar-refractivity contribution is 0.0729. The lowest BCUT2D eigenvalue weighted by Crippen LogP contribution is -2.17. The maximum Gasteiger partial charge on any atom is 0.343 e. The highest BCUT2D eigenvalue weighted by molar-refractivity contribution is 6.35. The molecule has 1 N–H and O–H groups in total. The summed E-state index contributed by atoms with van der Waals surface area (Å²) in [5.74, 6) is 0.830. The number of methoxy groups -OCH3 is 2. The van der Waals surface area contributed by atoms with Gasteiger partial charge in [-0.2, -0.15) is 5.10 Å². The minimum atomic E-state index is -0.542. The Labute approximate surface area is 241 Å². The van der Waals surface area contributed by atoms with E-state index < -0.39 is 11.9 Å². The van der Waals surface area contributed by atoms with E-state index in [4.69, 9.17) is 42.1 Å². The van der Waals surface area contributed by atoms with Gasteiger partial charge in [-0.1, -0.05) is 29.3 Å². The summed E-state index contributed by atoms with van der Waals surface area (Å²) in [6.45, 7) is 0.259. The van der Waals surface area contributed by atoms with Gasteiger partial charge in [-0.25, -0.2) is 10.2 Å². The Bertz CT molecular complexity index is 1520. The van der Waals surface area contributed by atoms with Gasteiger partial charge >= 0.3 is 5.97 Å². The maximum atomic E-state index is 12.5. The predicted octanol–water partition coefficient (Wildman–Crippen LogP) is 6.57. The fourth-order valence-corrected chi connectivity index (χ4v) is 3.93. The molecule has 0 fully saturated rings. The summed E-state index contributed by atoms with van der Waals surface area (Å²) >= 11 is 12.1. The first-order valence-electron chi connectivity index (χ1n) is 11.9. The molecule has 0 saturated heterocycles. The van der Waals surface area contributed by atoms with Gasteiger partial charge in [0.2, 0.25) is 0 Å². The Morgan fingerprint density at radius 2 is 1.50 bits per heavy atom. The summed E-state index contributed by atoms with van der Waals surface area (Å²) in [4.78, 5) is 25.0. The van der Waals surface area contributed by atoms with E-state index in [-0.39, 0.29) is 12.4 Å². The van der Waals surface area contributed by atoms with E-state index in [1.165, 1.54) is 13.3 Å². The SMILES string of the molecule is COc1ccc(C(=O)Oc2ccc(/C=N\NC(=O)c3ccc(OCc4ccc(Cl)cc4Cl)cc3)cc2OC)cc1. The number of esters is 1. The molecule has 1 amide bonds. The standard InChI is InChI=1S/C30H24Cl2N2O6/c1-37-24-10-7-21(8-11-24)30(36)40-27-14-3-19(15-28(27)38-2)17-33-34-29(35)20-5-12-25(13-6-20)39-18-22-4-9-23(31)16-26(22)32/h3-17H,18H2,1-2H3,(H,34,35)/b33-17-. The number of hydrogen-bond donors (Lipinski definition) is 1. The molecule has 0 spiro atoms. The molecule has 0 saturated carbocycles. The smallest absolute Gasteiger partial charge is 0.343 e. The van der Waals surface area contributed by atoms with Crippen LogP contribution in [-0.4, -0.2) is 32.3 Å². The number of hydrazone groups is 1. The maximum absolute atomic E-state index is 12.5. The highest BCUT2D eigenvalue weighted by atomic mass is 35.5. The monoisotopic (exact) mass is 578 g/mol. The number of amides is 1. The van der Waals surface area contributed by atoms with Gasteiger partial charge in [0.25, 0.3) is 5.91 Å². The van der Waals surface area contributed by atoms with E-state index in [0.29, 0.717) is 44.0 Å².